The van der Waals surface area contributed by atoms with E-state index in [4.69, 9.17) is 14.2 Å². The predicted octanol–water partition coefficient (Wildman–Crippen LogP) is 2.78. The maximum absolute atomic E-state index is 12.9. The second kappa shape index (κ2) is 8.27. The molecule has 2 atom stereocenters. The summed E-state index contributed by atoms with van der Waals surface area (Å²) in [6.07, 6.45) is 3.82. The molecule has 8 heteroatoms. The van der Waals surface area contributed by atoms with Gasteiger partial charge >= 0.3 is 12.2 Å². The quantitative estimate of drug-likeness (QED) is 0.788. The zero-order valence-electron chi connectivity index (χ0n) is 17.1. The number of hydrogen-bond donors (Lipinski definition) is 1. The highest BCUT2D eigenvalue weighted by Crippen LogP contribution is 2.35. The van der Waals surface area contributed by atoms with Crippen LogP contribution in [0.2, 0.25) is 0 Å². The summed E-state index contributed by atoms with van der Waals surface area (Å²) in [4.78, 5) is 38.1. The number of likely N-dealkylation sites (tertiary alicyclic amines) is 1. The summed E-state index contributed by atoms with van der Waals surface area (Å²) < 4.78 is 16.8. The fourth-order valence-electron chi connectivity index (χ4n) is 4.35. The molecule has 3 rings (SSSR count). The summed E-state index contributed by atoms with van der Waals surface area (Å²) >= 11 is 0. The Bertz CT molecular complexity index is 602. The highest BCUT2D eigenvalue weighted by Gasteiger charge is 2.50. The van der Waals surface area contributed by atoms with Gasteiger partial charge in [0.15, 0.2) is 0 Å². The van der Waals surface area contributed by atoms with Crippen molar-refractivity contribution in [3.05, 3.63) is 0 Å². The molecule has 2 aliphatic heterocycles. The van der Waals surface area contributed by atoms with Gasteiger partial charge in [0.25, 0.3) is 0 Å². The van der Waals surface area contributed by atoms with Gasteiger partial charge in [-0.3, -0.25) is 4.79 Å². The van der Waals surface area contributed by atoms with E-state index in [2.05, 4.69) is 5.32 Å². The smallest absolute Gasteiger partial charge is 0.410 e. The van der Waals surface area contributed by atoms with Crippen LogP contribution in [0.4, 0.5) is 9.59 Å². The van der Waals surface area contributed by atoms with Gasteiger partial charge in [0.2, 0.25) is 0 Å². The Kier molecular flexibility index (Phi) is 6.17. The number of carbonyl (C=O) groups is 3. The summed E-state index contributed by atoms with van der Waals surface area (Å²) in [5.41, 5.74) is -1.18. The highest BCUT2D eigenvalue weighted by atomic mass is 16.6. The average Bonchev–Trinajstić information content (AvgIpc) is 2.60. The SMILES string of the molecule is CC(C)(C)OC(=O)N1CCC[C@@]2(CCOC(=O)N2)[C@@H]1COC1CCC(=O)CC1. The van der Waals surface area contributed by atoms with Gasteiger partial charge in [-0.2, -0.15) is 0 Å². The minimum atomic E-state index is -0.601. The Morgan fingerprint density at radius 3 is 2.61 bits per heavy atom. The molecule has 0 unspecified atom stereocenters. The first-order valence-electron chi connectivity index (χ1n) is 10.3. The number of carbonyl (C=O) groups excluding carboxylic acids is 3. The molecule has 3 aliphatic rings. The van der Waals surface area contributed by atoms with Gasteiger partial charge in [0.05, 0.1) is 30.9 Å². The normalized spacial score (nSPS) is 29.4. The number of cyclic esters (lactones) is 1. The number of amides is 2. The first-order valence-corrected chi connectivity index (χ1v) is 10.3. The van der Waals surface area contributed by atoms with Crippen LogP contribution in [0.15, 0.2) is 0 Å². The van der Waals surface area contributed by atoms with Gasteiger partial charge < -0.3 is 24.4 Å². The third-order valence-corrected chi connectivity index (χ3v) is 5.78. The number of alkyl carbamates (subject to hydrolysis) is 1. The van der Waals surface area contributed by atoms with Crippen LogP contribution in [0, 0.1) is 0 Å². The molecule has 2 saturated heterocycles. The first-order chi connectivity index (χ1) is 13.2. The number of ether oxygens (including phenoxy) is 3. The molecule has 3 fully saturated rings. The molecule has 0 aromatic rings. The fraction of sp³-hybridized carbons (Fsp3) is 0.850. The van der Waals surface area contributed by atoms with Crippen LogP contribution in [0.5, 0.6) is 0 Å². The zero-order chi connectivity index (χ0) is 20.4. The van der Waals surface area contributed by atoms with E-state index in [-0.39, 0.29) is 24.0 Å². The Balaban J connectivity index is 1.76. The molecule has 1 N–H and O–H groups in total. The maximum Gasteiger partial charge on any atom is 0.410 e. The van der Waals surface area contributed by atoms with Crippen molar-refractivity contribution in [2.45, 2.75) is 89.0 Å². The van der Waals surface area contributed by atoms with Crippen LogP contribution in [0.25, 0.3) is 0 Å². The third-order valence-electron chi connectivity index (χ3n) is 5.78. The molecule has 2 heterocycles. The fourth-order valence-corrected chi connectivity index (χ4v) is 4.35. The van der Waals surface area contributed by atoms with Crippen molar-refractivity contribution < 1.29 is 28.6 Å². The van der Waals surface area contributed by atoms with Gasteiger partial charge in [-0.1, -0.05) is 0 Å². The van der Waals surface area contributed by atoms with Gasteiger partial charge in [-0.05, 0) is 46.5 Å². The molecule has 8 nitrogen and oxygen atoms in total. The molecule has 2 amide bonds. The van der Waals surface area contributed by atoms with Crippen molar-refractivity contribution in [1.29, 1.82) is 0 Å². The van der Waals surface area contributed by atoms with E-state index in [1.807, 2.05) is 20.8 Å². The molecular weight excluding hydrogens is 364 g/mol. The molecule has 0 radical (unpaired) electrons. The van der Waals surface area contributed by atoms with Crippen LogP contribution in [0.1, 0.15) is 65.7 Å². The monoisotopic (exact) mass is 396 g/mol. The van der Waals surface area contributed by atoms with E-state index in [0.29, 0.717) is 51.9 Å². The number of nitrogens with one attached hydrogen (secondary N) is 1. The van der Waals surface area contributed by atoms with Gasteiger partial charge in [-0.25, -0.2) is 9.59 Å². The zero-order valence-corrected chi connectivity index (χ0v) is 17.1. The number of nitrogens with zero attached hydrogens (tertiary/aromatic N) is 1. The first kappa shape index (κ1) is 20.9. The Hall–Kier alpha value is -1.83. The lowest BCUT2D eigenvalue weighted by atomic mass is 9.78. The van der Waals surface area contributed by atoms with E-state index in [1.165, 1.54) is 0 Å². The minimum absolute atomic E-state index is 0.00713. The van der Waals surface area contributed by atoms with Crippen molar-refractivity contribution in [3.8, 4) is 0 Å². The summed E-state index contributed by atoms with van der Waals surface area (Å²) in [7, 11) is 0. The van der Waals surface area contributed by atoms with Crippen molar-refractivity contribution in [3.63, 3.8) is 0 Å². The van der Waals surface area contributed by atoms with Crippen LogP contribution in [-0.4, -0.2) is 65.9 Å². The second-order valence-corrected chi connectivity index (χ2v) is 9.03. The van der Waals surface area contributed by atoms with Crippen LogP contribution in [0.3, 0.4) is 0 Å². The summed E-state index contributed by atoms with van der Waals surface area (Å²) in [5.74, 6) is 0.279. The van der Waals surface area contributed by atoms with Gasteiger partial charge in [0, 0.05) is 25.8 Å². The number of ketones is 1. The Morgan fingerprint density at radius 2 is 1.96 bits per heavy atom. The van der Waals surface area contributed by atoms with Crippen LogP contribution in [-0.2, 0) is 19.0 Å². The summed E-state index contributed by atoms with van der Waals surface area (Å²) in [6.45, 7) is 6.70. The second-order valence-electron chi connectivity index (χ2n) is 9.03. The average molecular weight is 396 g/mol. The molecule has 28 heavy (non-hydrogen) atoms. The van der Waals surface area contributed by atoms with Crippen LogP contribution < -0.4 is 5.32 Å². The third kappa shape index (κ3) is 4.96. The highest BCUT2D eigenvalue weighted by molar-refractivity contribution is 5.79. The van der Waals surface area contributed by atoms with Crippen molar-refractivity contribution in [2.24, 2.45) is 0 Å². The van der Waals surface area contributed by atoms with E-state index < -0.39 is 17.2 Å². The molecule has 1 spiro atoms. The predicted molar refractivity (Wildman–Crippen MR) is 101 cm³/mol. The van der Waals surface area contributed by atoms with Crippen molar-refractivity contribution in [2.75, 3.05) is 19.8 Å². The lowest BCUT2D eigenvalue weighted by Crippen LogP contribution is -2.70. The topological polar surface area (TPSA) is 94.2 Å². The van der Waals surface area contributed by atoms with E-state index >= 15 is 0 Å². The maximum atomic E-state index is 12.9. The molecule has 0 bridgehead atoms. The summed E-state index contributed by atoms with van der Waals surface area (Å²) in [6, 6.07) is -0.332. The standard InChI is InChI=1S/C20H32N2O6/c1-19(2,3)28-18(25)22-11-4-9-20(10-12-26-17(24)21-20)16(22)13-27-15-7-5-14(23)6-8-15/h15-16H,4-13H2,1-3H3,(H,21,24)/t16-,20+/m0/s1. The summed E-state index contributed by atoms with van der Waals surface area (Å²) in [5, 5.41) is 2.98. The molecule has 1 saturated carbocycles. The number of Topliss-reactive ketones (excluding diaryl/α,β-unsaturated/α-hetero) is 1. The van der Waals surface area contributed by atoms with Gasteiger partial charge in [-0.15, -0.1) is 0 Å². The van der Waals surface area contributed by atoms with E-state index in [0.717, 1.165) is 12.8 Å². The molecule has 0 aromatic heterocycles. The number of hydrogen-bond acceptors (Lipinski definition) is 6. The molecular formula is C20H32N2O6. The van der Waals surface area contributed by atoms with Crippen LogP contribution >= 0.6 is 0 Å². The van der Waals surface area contributed by atoms with E-state index in [1.54, 1.807) is 4.90 Å². The molecule has 158 valence electrons. The van der Waals surface area contributed by atoms with E-state index in [9.17, 15) is 14.4 Å². The van der Waals surface area contributed by atoms with Gasteiger partial charge in [0.1, 0.15) is 11.4 Å². The molecule has 0 aromatic carbocycles. The molecule has 1 aliphatic carbocycles. The largest absolute Gasteiger partial charge is 0.449 e. The lowest BCUT2D eigenvalue weighted by molar-refractivity contribution is -0.124. The van der Waals surface area contributed by atoms with Crippen molar-refractivity contribution >= 4 is 18.0 Å². The Labute approximate surface area is 166 Å². The number of rotatable bonds is 3. The number of piperidine rings is 1. The minimum Gasteiger partial charge on any atom is -0.449 e. The Morgan fingerprint density at radius 1 is 1.25 bits per heavy atom. The lowest BCUT2D eigenvalue weighted by Gasteiger charge is -2.51. The van der Waals surface area contributed by atoms with Crippen molar-refractivity contribution in [1.82, 2.24) is 10.2 Å².